The van der Waals surface area contributed by atoms with Crippen LogP contribution in [0.1, 0.15) is 20.3 Å². The second kappa shape index (κ2) is 3.65. The van der Waals surface area contributed by atoms with Crippen LogP contribution in [0.4, 0.5) is 0 Å². The first-order valence-electron chi connectivity index (χ1n) is 4.79. The Morgan fingerprint density at radius 2 is 2.21 bits per heavy atom. The highest BCUT2D eigenvalue weighted by Gasteiger charge is 2.06. The number of aromatic nitrogens is 3. The van der Waals surface area contributed by atoms with Crippen molar-refractivity contribution in [2.24, 2.45) is 0 Å². The molecule has 2 rings (SSSR count). The van der Waals surface area contributed by atoms with Crippen molar-refractivity contribution >= 4 is 11.0 Å². The molecule has 4 heteroatoms. The molecule has 74 valence electrons. The van der Waals surface area contributed by atoms with E-state index in [1.807, 2.05) is 31.2 Å². The molecule has 0 aliphatic carbocycles. The molecule has 0 saturated heterocycles. The monoisotopic (exact) mass is 191 g/mol. The Hall–Kier alpha value is -1.58. The zero-order valence-electron chi connectivity index (χ0n) is 8.34. The Labute approximate surface area is 82.4 Å². The average molecular weight is 191 g/mol. The van der Waals surface area contributed by atoms with Crippen molar-refractivity contribution < 1.29 is 4.84 Å². The van der Waals surface area contributed by atoms with Crippen molar-refractivity contribution in [1.29, 1.82) is 0 Å². The number of nitrogens with zero attached hydrogens (tertiary/aromatic N) is 3. The van der Waals surface area contributed by atoms with E-state index < -0.39 is 0 Å². The summed E-state index contributed by atoms with van der Waals surface area (Å²) in [6.07, 6.45) is 1.11. The quantitative estimate of drug-likeness (QED) is 0.740. The fraction of sp³-hybridized carbons (Fsp3) is 0.400. The van der Waals surface area contributed by atoms with Gasteiger partial charge in [-0.2, -0.15) is 0 Å². The number of hydrogen-bond acceptors (Lipinski definition) is 3. The molecule has 4 nitrogen and oxygen atoms in total. The van der Waals surface area contributed by atoms with Gasteiger partial charge in [0.2, 0.25) is 0 Å². The van der Waals surface area contributed by atoms with Crippen LogP contribution in [0.25, 0.3) is 11.0 Å². The molecule has 0 saturated carbocycles. The maximum absolute atomic E-state index is 5.56. The van der Waals surface area contributed by atoms with Crippen LogP contribution >= 0.6 is 0 Å². The van der Waals surface area contributed by atoms with Gasteiger partial charge in [0.1, 0.15) is 17.1 Å². The lowest BCUT2D eigenvalue weighted by Crippen LogP contribution is -2.22. The lowest BCUT2D eigenvalue weighted by molar-refractivity contribution is 0.0283. The van der Waals surface area contributed by atoms with Crippen LogP contribution < -0.4 is 4.84 Å². The van der Waals surface area contributed by atoms with Crippen LogP contribution in [0, 0.1) is 0 Å². The van der Waals surface area contributed by atoms with Crippen LogP contribution in [-0.2, 0) is 0 Å². The van der Waals surface area contributed by atoms with Gasteiger partial charge in [0.15, 0.2) is 0 Å². The van der Waals surface area contributed by atoms with Gasteiger partial charge in [-0.1, -0.05) is 23.9 Å². The third-order valence-electron chi connectivity index (χ3n) is 2.18. The second-order valence-corrected chi connectivity index (χ2v) is 3.28. The normalized spacial score (nSPS) is 13.0. The fourth-order valence-corrected chi connectivity index (χ4v) is 1.17. The summed E-state index contributed by atoms with van der Waals surface area (Å²) in [7, 11) is 0. The third-order valence-corrected chi connectivity index (χ3v) is 2.18. The largest absolute Gasteiger partial charge is 0.392 e. The molecule has 14 heavy (non-hydrogen) atoms. The molecule has 0 spiro atoms. The van der Waals surface area contributed by atoms with Crippen LogP contribution in [0.15, 0.2) is 24.3 Å². The molecule has 0 fully saturated rings. The Kier molecular flexibility index (Phi) is 2.35. The van der Waals surface area contributed by atoms with Gasteiger partial charge in [-0.05, 0) is 30.7 Å². The second-order valence-electron chi connectivity index (χ2n) is 3.28. The first kappa shape index (κ1) is 8.99. The zero-order chi connectivity index (χ0) is 9.97. The van der Waals surface area contributed by atoms with Crippen LogP contribution in [0.3, 0.4) is 0 Å². The number of fused-ring (bicyclic) bond motifs is 1. The zero-order valence-corrected chi connectivity index (χ0v) is 8.34. The van der Waals surface area contributed by atoms with E-state index in [9.17, 15) is 0 Å². The van der Waals surface area contributed by atoms with E-state index in [2.05, 4.69) is 17.2 Å². The SMILES string of the molecule is CCC(C)On1nnc2ccccc21. The summed E-state index contributed by atoms with van der Waals surface area (Å²) < 4.78 is 0. The molecule has 0 aliphatic rings. The third kappa shape index (κ3) is 1.55. The van der Waals surface area contributed by atoms with Crippen molar-refractivity contribution in [3.8, 4) is 0 Å². The van der Waals surface area contributed by atoms with Crippen LogP contribution in [0.2, 0.25) is 0 Å². The Morgan fingerprint density at radius 1 is 1.43 bits per heavy atom. The van der Waals surface area contributed by atoms with E-state index in [1.165, 1.54) is 4.85 Å². The van der Waals surface area contributed by atoms with Crippen molar-refractivity contribution in [2.75, 3.05) is 0 Å². The van der Waals surface area contributed by atoms with Gasteiger partial charge in [0.05, 0.1) is 0 Å². The van der Waals surface area contributed by atoms with Gasteiger partial charge < -0.3 is 4.84 Å². The number of rotatable bonds is 3. The predicted octanol–water partition coefficient (Wildman–Crippen LogP) is 1.66. The van der Waals surface area contributed by atoms with Crippen LogP contribution in [-0.4, -0.2) is 21.3 Å². The lowest BCUT2D eigenvalue weighted by atomic mass is 10.3. The molecule has 1 heterocycles. The summed E-state index contributed by atoms with van der Waals surface area (Å²) in [6, 6.07) is 7.74. The van der Waals surface area contributed by atoms with Gasteiger partial charge in [-0.15, -0.1) is 5.10 Å². The van der Waals surface area contributed by atoms with Gasteiger partial charge in [0, 0.05) is 0 Å². The van der Waals surface area contributed by atoms with E-state index in [1.54, 1.807) is 0 Å². The highest BCUT2D eigenvalue weighted by Crippen LogP contribution is 2.08. The average Bonchev–Trinajstić information content (AvgIpc) is 2.62. The summed E-state index contributed by atoms with van der Waals surface area (Å²) in [6.45, 7) is 4.08. The molecular formula is C10H13N3O. The minimum atomic E-state index is 0.153. The first-order chi connectivity index (χ1) is 6.81. The topological polar surface area (TPSA) is 39.9 Å². The fourth-order valence-electron chi connectivity index (χ4n) is 1.17. The standard InChI is InChI=1S/C10H13N3O/c1-3-8(2)14-13-10-7-5-4-6-9(10)11-12-13/h4-8H,3H2,1-2H3. The lowest BCUT2D eigenvalue weighted by Gasteiger charge is -2.10. The number of benzene rings is 1. The predicted molar refractivity (Wildman–Crippen MR) is 53.9 cm³/mol. The smallest absolute Gasteiger partial charge is 0.130 e. The van der Waals surface area contributed by atoms with Crippen molar-refractivity contribution in [3.63, 3.8) is 0 Å². The molecule has 0 bridgehead atoms. The van der Waals surface area contributed by atoms with Crippen molar-refractivity contribution in [2.45, 2.75) is 26.4 Å². The minimum absolute atomic E-state index is 0.153. The van der Waals surface area contributed by atoms with E-state index in [-0.39, 0.29) is 6.10 Å². The first-order valence-corrected chi connectivity index (χ1v) is 4.79. The molecule has 0 aliphatic heterocycles. The van der Waals surface area contributed by atoms with Crippen molar-refractivity contribution in [3.05, 3.63) is 24.3 Å². The van der Waals surface area contributed by atoms with E-state index in [4.69, 9.17) is 4.84 Å². The molecular weight excluding hydrogens is 178 g/mol. The van der Waals surface area contributed by atoms with Gasteiger partial charge >= 0.3 is 0 Å². The summed E-state index contributed by atoms with van der Waals surface area (Å²) >= 11 is 0. The Balaban J connectivity index is 2.33. The Morgan fingerprint density at radius 3 is 3.00 bits per heavy atom. The summed E-state index contributed by atoms with van der Waals surface area (Å²) in [4.78, 5) is 7.05. The minimum Gasteiger partial charge on any atom is -0.392 e. The van der Waals surface area contributed by atoms with Gasteiger partial charge in [0.25, 0.3) is 0 Å². The molecule has 1 aromatic heterocycles. The molecule has 2 aromatic rings. The maximum atomic E-state index is 5.56. The number of para-hydroxylation sites is 1. The highest BCUT2D eigenvalue weighted by molar-refractivity contribution is 5.73. The summed E-state index contributed by atoms with van der Waals surface area (Å²) in [5.41, 5.74) is 1.77. The maximum Gasteiger partial charge on any atom is 0.130 e. The molecule has 1 atom stereocenters. The van der Waals surface area contributed by atoms with E-state index in [0.29, 0.717) is 0 Å². The molecule has 0 N–H and O–H groups in total. The molecule has 1 aromatic carbocycles. The van der Waals surface area contributed by atoms with Crippen LogP contribution in [0.5, 0.6) is 0 Å². The van der Waals surface area contributed by atoms with Gasteiger partial charge in [-0.3, -0.25) is 0 Å². The van der Waals surface area contributed by atoms with Crippen molar-refractivity contribution in [1.82, 2.24) is 15.2 Å². The summed E-state index contributed by atoms with van der Waals surface area (Å²) in [5, 5.41) is 7.92. The highest BCUT2D eigenvalue weighted by atomic mass is 16.7. The summed E-state index contributed by atoms with van der Waals surface area (Å²) in [5.74, 6) is 0. The molecule has 1 unspecified atom stereocenters. The Bertz CT molecular complexity index is 424. The molecule has 0 radical (unpaired) electrons. The van der Waals surface area contributed by atoms with E-state index in [0.717, 1.165) is 17.5 Å². The van der Waals surface area contributed by atoms with E-state index >= 15 is 0 Å². The molecule has 0 amide bonds. The van der Waals surface area contributed by atoms with Gasteiger partial charge in [-0.25, -0.2) is 0 Å². The number of hydrogen-bond donors (Lipinski definition) is 0.